The number of nitrogen functional groups attached to an aromatic ring is 1. The summed E-state index contributed by atoms with van der Waals surface area (Å²) in [5, 5.41) is 9.33. The predicted molar refractivity (Wildman–Crippen MR) is 157 cm³/mol. The molecular weight excluding hydrogens is 500 g/mol. The summed E-state index contributed by atoms with van der Waals surface area (Å²) < 4.78 is 8.09. The standard InChI is InChI=1S/C31H38N8O/c32-30-28-29(24-6-8-27(9-7-24)40-26-4-2-1-3-5-26)36-39(31(28)35-21-34-30)25-11-14-37(15-12-25)18-22-10-13-38(19-22)20-23-16-33-17-23/h1-9,21-23,25,33H,10-20H2,(H2,32,34,35). The van der Waals surface area contributed by atoms with Gasteiger partial charge in [-0.2, -0.15) is 5.10 Å². The number of nitrogens with one attached hydrogen (secondary N) is 1. The van der Waals surface area contributed by atoms with Crippen molar-refractivity contribution >= 4 is 16.9 Å². The minimum absolute atomic E-state index is 0.300. The molecule has 2 aromatic heterocycles. The first-order valence-electron chi connectivity index (χ1n) is 14.7. The molecule has 9 heteroatoms. The normalized spacial score (nSPS) is 21.1. The highest BCUT2D eigenvalue weighted by Gasteiger charge is 2.30. The van der Waals surface area contributed by atoms with Crippen molar-refractivity contribution in [2.24, 2.45) is 11.8 Å². The summed E-state index contributed by atoms with van der Waals surface area (Å²) in [4.78, 5) is 14.3. The number of para-hydroxylation sites is 1. The molecule has 3 saturated heterocycles. The molecule has 9 nitrogen and oxygen atoms in total. The Bertz CT molecular complexity index is 1430. The first-order valence-corrected chi connectivity index (χ1v) is 14.7. The Balaban J connectivity index is 1.03. The number of likely N-dealkylation sites (tertiary alicyclic amines) is 2. The van der Waals surface area contributed by atoms with Gasteiger partial charge in [0.25, 0.3) is 0 Å². The average Bonchev–Trinajstić information content (AvgIpc) is 3.58. The molecule has 0 bridgehead atoms. The van der Waals surface area contributed by atoms with Gasteiger partial charge in [-0.05, 0) is 74.0 Å². The SMILES string of the molecule is Nc1ncnc2c1c(-c1ccc(Oc3ccccc3)cc1)nn2C1CCN(CC2CCN(CC3CNC3)C2)CC1. The number of hydrogen-bond donors (Lipinski definition) is 2. The minimum Gasteiger partial charge on any atom is -0.457 e. The van der Waals surface area contributed by atoms with E-state index in [4.69, 9.17) is 15.6 Å². The Morgan fingerprint density at radius 3 is 2.30 bits per heavy atom. The number of anilines is 1. The molecule has 0 spiro atoms. The Kier molecular flexibility index (Phi) is 7.09. The minimum atomic E-state index is 0.300. The van der Waals surface area contributed by atoms with E-state index in [0.717, 1.165) is 71.6 Å². The van der Waals surface area contributed by atoms with E-state index >= 15 is 0 Å². The van der Waals surface area contributed by atoms with E-state index in [9.17, 15) is 0 Å². The van der Waals surface area contributed by atoms with Crippen molar-refractivity contribution in [2.45, 2.75) is 25.3 Å². The van der Waals surface area contributed by atoms with Crippen molar-refractivity contribution in [1.82, 2.24) is 34.9 Å². The van der Waals surface area contributed by atoms with Crippen molar-refractivity contribution in [3.63, 3.8) is 0 Å². The summed E-state index contributed by atoms with van der Waals surface area (Å²) in [5.41, 5.74) is 9.02. The van der Waals surface area contributed by atoms with Gasteiger partial charge in [0.1, 0.15) is 29.3 Å². The average molecular weight is 539 g/mol. The van der Waals surface area contributed by atoms with Gasteiger partial charge in [0.2, 0.25) is 0 Å². The number of rotatable bonds is 8. The molecule has 7 rings (SSSR count). The van der Waals surface area contributed by atoms with Crippen molar-refractivity contribution in [3.8, 4) is 22.8 Å². The lowest BCUT2D eigenvalue weighted by Gasteiger charge is -2.34. The second-order valence-corrected chi connectivity index (χ2v) is 11.7. The molecule has 3 fully saturated rings. The molecule has 0 aliphatic carbocycles. The summed E-state index contributed by atoms with van der Waals surface area (Å²) in [6.07, 6.45) is 5.01. The summed E-state index contributed by atoms with van der Waals surface area (Å²) in [7, 11) is 0. The van der Waals surface area contributed by atoms with Crippen LogP contribution in [0.15, 0.2) is 60.9 Å². The van der Waals surface area contributed by atoms with Crippen LogP contribution in [-0.2, 0) is 0 Å². The molecule has 3 aliphatic rings. The summed E-state index contributed by atoms with van der Waals surface area (Å²) in [6, 6.07) is 18.1. The van der Waals surface area contributed by atoms with Crippen LogP contribution in [0.4, 0.5) is 5.82 Å². The van der Waals surface area contributed by atoms with Gasteiger partial charge in [-0.3, -0.25) is 0 Å². The van der Waals surface area contributed by atoms with Crippen molar-refractivity contribution in [1.29, 1.82) is 0 Å². The van der Waals surface area contributed by atoms with Crippen molar-refractivity contribution < 1.29 is 4.74 Å². The first kappa shape index (κ1) is 25.4. The molecule has 0 saturated carbocycles. The van der Waals surface area contributed by atoms with Crippen LogP contribution in [0.1, 0.15) is 25.3 Å². The van der Waals surface area contributed by atoms with Crippen LogP contribution < -0.4 is 15.8 Å². The molecule has 5 heterocycles. The Morgan fingerprint density at radius 1 is 0.825 bits per heavy atom. The lowest BCUT2D eigenvalue weighted by atomic mass is 10.0. The Morgan fingerprint density at radius 2 is 1.55 bits per heavy atom. The zero-order valence-corrected chi connectivity index (χ0v) is 23.0. The molecule has 3 N–H and O–H groups in total. The molecule has 3 aliphatic heterocycles. The van der Waals surface area contributed by atoms with E-state index in [1.165, 1.54) is 45.7 Å². The fourth-order valence-corrected chi connectivity index (χ4v) is 6.54. The maximum absolute atomic E-state index is 6.39. The van der Waals surface area contributed by atoms with Gasteiger partial charge in [-0.1, -0.05) is 18.2 Å². The Hall–Kier alpha value is -3.53. The molecule has 0 amide bonds. The number of piperidine rings is 1. The van der Waals surface area contributed by atoms with E-state index in [0.29, 0.717) is 11.9 Å². The number of ether oxygens (including phenoxy) is 1. The number of aromatic nitrogens is 4. The highest BCUT2D eigenvalue weighted by Crippen LogP contribution is 2.35. The smallest absolute Gasteiger partial charge is 0.164 e. The van der Waals surface area contributed by atoms with Crippen molar-refractivity contribution in [3.05, 3.63) is 60.9 Å². The quantitative estimate of drug-likeness (QED) is 0.347. The number of hydrogen-bond acceptors (Lipinski definition) is 8. The van der Waals surface area contributed by atoms with Crippen molar-refractivity contribution in [2.75, 3.05) is 58.1 Å². The molecule has 1 unspecified atom stereocenters. The maximum Gasteiger partial charge on any atom is 0.164 e. The highest BCUT2D eigenvalue weighted by atomic mass is 16.5. The highest BCUT2D eigenvalue weighted by molar-refractivity contribution is 5.98. The van der Waals surface area contributed by atoms with E-state index in [1.807, 2.05) is 54.6 Å². The number of nitrogens with two attached hydrogens (primary N) is 1. The molecule has 208 valence electrons. The second-order valence-electron chi connectivity index (χ2n) is 11.7. The number of fused-ring (bicyclic) bond motifs is 1. The van der Waals surface area contributed by atoms with Gasteiger partial charge in [-0.25, -0.2) is 14.6 Å². The molecule has 4 aromatic rings. The van der Waals surface area contributed by atoms with Gasteiger partial charge < -0.3 is 25.6 Å². The zero-order chi connectivity index (χ0) is 26.9. The fraction of sp³-hybridized carbons (Fsp3) is 0.452. The van der Waals surface area contributed by atoms with Gasteiger partial charge in [0.15, 0.2) is 5.65 Å². The monoisotopic (exact) mass is 538 g/mol. The van der Waals surface area contributed by atoms with E-state index in [2.05, 4.69) is 29.8 Å². The van der Waals surface area contributed by atoms with E-state index < -0.39 is 0 Å². The van der Waals surface area contributed by atoms with Crippen LogP contribution in [0.2, 0.25) is 0 Å². The number of benzene rings is 2. The van der Waals surface area contributed by atoms with Crippen LogP contribution in [0.3, 0.4) is 0 Å². The predicted octanol–water partition coefficient (Wildman–Crippen LogP) is 4.05. The fourth-order valence-electron chi connectivity index (χ4n) is 6.54. The lowest BCUT2D eigenvalue weighted by molar-refractivity contribution is 0.155. The summed E-state index contributed by atoms with van der Waals surface area (Å²) >= 11 is 0. The van der Waals surface area contributed by atoms with Crippen LogP contribution in [-0.4, -0.2) is 81.9 Å². The third-order valence-corrected chi connectivity index (χ3v) is 8.80. The van der Waals surface area contributed by atoms with Gasteiger partial charge >= 0.3 is 0 Å². The first-order chi connectivity index (χ1) is 19.7. The van der Waals surface area contributed by atoms with Gasteiger partial charge in [-0.15, -0.1) is 0 Å². The third-order valence-electron chi connectivity index (χ3n) is 8.80. The van der Waals surface area contributed by atoms with Crippen LogP contribution >= 0.6 is 0 Å². The summed E-state index contributed by atoms with van der Waals surface area (Å²) in [5.74, 6) is 3.72. The molecule has 2 aromatic carbocycles. The van der Waals surface area contributed by atoms with Gasteiger partial charge in [0, 0.05) is 51.4 Å². The van der Waals surface area contributed by atoms with E-state index in [-0.39, 0.29) is 0 Å². The molecule has 1 atom stereocenters. The van der Waals surface area contributed by atoms with Gasteiger partial charge in [0.05, 0.1) is 11.4 Å². The largest absolute Gasteiger partial charge is 0.457 e. The molecular formula is C31H38N8O. The number of nitrogens with zero attached hydrogens (tertiary/aromatic N) is 6. The zero-order valence-electron chi connectivity index (χ0n) is 23.0. The van der Waals surface area contributed by atoms with Crippen LogP contribution in [0, 0.1) is 11.8 Å². The van der Waals surface area contributed by atoms with Crippen LogP contribution in [0.25, 0.3) is 22.3 Å². The summed E-state index contributed by atoms with van der Waals surface area (Å²) in [6.45, 7) is 9.59. The topological polar surface area (TPSA) is 97.4 Å². The molecule has 40 heavy (non-hydrogen) atoms. The van der Waals surface area contributed by atoms with Crippen LogP contribution in [0.5, 0.6) is 11.5 Å². The second kappa shape index (κ2) is 11.2. The molecule has 0 radical (unpaired) electrons. The Labute approximate surface area is 235 Å². The van der Waals surface area contributed by atoms with E-state index in [1.54, 1.807) is 6.33 Å². The lowest BCUT2D eigenvalue weighted by Crippen LogP contribution is -2.48. The maximum atomic E-state index is 6.39. The third kappa shape index (κ3) is 5.29.